The molecule has 0 atom stereocenters. The molecule has 6 nitrogen and oxygen atoms in total. The third-order valence-electron chi connectivity index (χ3n) is 3.44. The molecular formula is C17H11N3O3. The zero-order valence-electron chi connectivity index (χ0n) is 11.9. The van der Waals surface area contributed by atoms with Gasteiger partial charge in [-0.3, -0.25) is 4.79 Å². The number of para-hydroxylation sites is 3. The van der Waals surface area contributed by atoms with E-state index in [2.05, 4.69) is 15.3 Å². The Hall–Kier alpha value is -3.41. The van der Waals surface area contributed by atoms with Gasteiger partial charge in [0.2, 0.25) is 0 Å². The Bertz CT molecular complexity index is 1030. The van der Waals surface area contributed by atoms with Crippen molar-refractivity contribution >= 4 is 33.9 Å². The largest absolute Gasteiger partial charge is 0.480 e. The third kappa shape index (κ3) is 2.26. The van der Waals surface area contributed by atoms with Crippen LogP contribution < -0.4 is 5.32 Å². The molecule has 4 aromatic rings. The lowest BCUT2D eigenvalue weighted by Gasteiger charge is -2.03. The standard InChI is InChI=1S/C17H11N3O3/c21-15(18-10-6-2-1-3-7-10)13-14-16(23-17(13)22)20-12-9-5-4-8-11(12)19-14/h1-9,22H,(H,18,21). The smallest absolute Gasteiger partial charge is 0.299 e. The molecule has 4 rings (SSSR count). The van der Waals surface area contributed by atoms with Crippen LogP contribution in [0, 0.1) is 0 Å². The second-order valence-corrected chi connectivity index (χ2v) is 4.97. The second-order valence-electron chi connectivity index (χ2n) is 4.97. The van der Waals surface area contributed by atoms with Crippen molar-refractivity contribution in [3.8, 4) is 5.95 Å². The lowest BCUT2D eigenvalue weighted by atomic mass is 10.2. The third-order valence-corrected chi connectivity index (χ3v) is 3.44. The number of rotatable bonds is 2. The molecule has 0 unspecified atom stereocenters. The number of carbonyl (C=O) groups is 1. The number of carbonyl (C=O) groups excluding carboxylic acids is 1. The lowest BCUT2D eigenvalue weighted by molar-refractivity contribution is 0.102. The summed E-state index contributed by atoms with van der Waals surface area (Å²) in [6.45, 7) is 0. The molecule has 112 valence electrons. The number of nitrogens with one attached hydrogen (secondary N) is 1. The number of benzene rings is 2. The maximum absolute atomic E-state index is 12.4. The van der Waals surface area contributed by atoms with E-state index in [-0.39, 0.29) is 16.8 Å². The van der Waals surface area contributed by atoms with Gasteiger partial charge in [-0.2, -0.15) is 0 Å². The summed E-state index contributed by atoms with van der Waals surface area (Å²) < 4.78 is 5.19. The van der Waals surface area contributed by atoms with Crippen molar-refractivity contribution in [2.45, 2.75) is 0 Å². The fraction of sp³-hybridized carbons (Fsp3) is 0. The van der Waals surface area contributed by atoms with E-state index in [1.54, 1.807) is 36.4 Å². The lowest BCUT2D eigenvalue weighted by Crippen LogP contribution is -2.11. The molecule has 0 bridgehead atoms. The number of fused-ring (bicyclic) bond motifs is 2. The monoisotopic (exact) mass is 305 g/mol. The van der Waals surface area contributed by atoms with Gasteiger partial charge in [0.05, 0.1) is 11.0 Å². The first kappa shape index (κ1) is 13.3. The van der Waals surface area contributed by atoms with Gasteiger partial charge in [0.25, 0.3) is 17.6 Å². The van der Waals surface area contributed by atoms with Crippen molar-refractivity contribution in [2.75, 3.05) is 5.32 Å². The maximum Gasteiger partial charge on any atom is 0.299 e. The van der Waals surface area contributed by atoms with Crippen molar-refractivity contribution < 1.29 is 14.3 Å². The molecule has 1 amide bonds. The van der Waals surface area contributed by atoms with Crippen molar-refractivity contribution in [1.29, 1.82) is 0 Å². The number of amides is 1. The normalized spacial score (nSPS) is 11.0. The minimum Gasteiger partial charge on any atom is -0.480 e. The van der Waals surface area contributed by atoms with Crippen LogP contribution in [-0.2, 0) is 0 Å². The summed E-state index contributed by atoms with van der Waals surface area (Å²) in [5, 5.41) is 12.7. The Labute approximate surface area is 130 Å². The zero-order chi connectivity index (χ0) is 15.8. The van der Waals surface area contributed by atoms with Crippen LogP contribution in [0.3, 0.4) is 0 Å². The molecule has 0 radical (unpaired) electrons. The minimum atomic E-state index is -0.503. The number of aromatic hydroxyl groups is 1. The van der Waals surface area contributed by atoms with Crippen molar-refractivity contribution in [1.82, 2.24) is 9.97 Å². The predicted molar refractivity (Wildman–Crippen MR) is 85.4 cm³/mol. The van der Waals surface area contributed by atoms with E-state index in [0.717, 1.165) is 0 Å². The van der Waals surface area contributed by atoms with Gasteiger partial charge < -0.3 is 14.8 Å². The number of nitrogens with zero attached hydrogens (tertiary/aromatic N) is 2. The Morgan fingerprint density at radius 2 is 1.61 bits per heavy atom. The van der Waals surface area contributed by atoms with Gasteiger partial charge in [-0.05, 0) is 24.3 Å². The summed E-state index contributed by atoms with van der Waals surface area (Å²) in [6.07, 6.45) is 0. The highest BCUT2D eigenvalue weighted by atomic mass is 16.5. The summed E-state index contributed by atoms with van der Waals surface area (Å²) in [5.41, 5.74) is 2.19. The fourth-order valence-corrected chi connectivity index (χ4v) is 2.38. The highest BCUT2D eigenvalue weighted by Crippen LogP contribution is 2.30. The average Bonchev–Trinajstić information content (AvgIpc) is 2.88. The molecule has 6 heteroatoms. The number of anilines is 1. The molecule has 0 aliphatic carbocycles. The summed E-state index contributed by atoms with van der Waals surface area (Å²) in [6, 6.07) is 16.2. The van der Waals surface area contributed by atoms with E-state index >= 15 is 0 Å². The molecule has 23 heavy (non-hydrogen) atoms. The SMILES string of the molecule is O=C(Nc1ccccc1)c1c(O)oc2nc3ccccc3nc12. The molecule has 2 aromatic heterocycles. The summed E-state index contributed by atoms with van der Waals surface area (Å²) in [4.78, 5) is 21.1. The molecule has 2 heterocycles. The Morgan fingerprint density at radius 3 is 2.35 bits per heavy atom. The van der Waals surface area contributed by atoms with Gasteiger partial charge in [-0.25, -0.2) is 9.97 Å². The molecule has 2 N–H and O–H groups in total. The van der Waals surface area contributed by atoms with Crippen LogP contribution in [0.15, 0.2) is 59.0 Å². The molecule has 0 saturated carbocycles. The first-order valence-corrected chi connectivity index (χ1v) is 6.97. The summed E-state index contributed by atoms with van der Waals surface area (Å²) in [5.74, 6) is -0.999. The quantitative estimate of drug-likeness (QED) is 0.593. The number of hydrogen-bond donors (Lipinski definition) is 2. The van der Waals surface area contributed by atoms with Crippen molar-refractivity contribution in [3.05, 3.63) is 60.2 Å². The molecule has 0 fully saturated rings. The van der Waals surface area contributed by atoms with Crippen LogP contribution in [0.4, 0.5) is 5.69 Å². The number of furan rings is 1. The molecule has 0 saturated heterocycles. The van der Waals surface area contributed by atoms with Gasteiger partial charge in [-0.15, -0.1) is 0 Å². The summed E-state index contributed by atoms with van der Waals surface area (Å²) in [7, 11) is 0. The van der Waals surface area contributed by atoms with Gasteiger partial charge in [0, 0.05) is 5.69 Å². The molecule has 0 spiro atoms. The maximum atomic E-state index is 12.4. The predicted octanol–water partition coefficient (Wildman–Crippen LogP) is 3.33. The Kier molecular flexibility index (Phi) is 2.94. The van der Waals surface area contributed by atoms with E-state index in [1.165, 1.54) is 0 Å². The van der Waals surface area contributed by atoms with E-state index < -0.39 is 11.9 Å². The molecule has 0 aliphatic heterocycles. The van der Waals surface area contributed by atoms with Gasteiger partial charge in [0.15, 0.2) is 5.56 Å². The zero-order valence-corrected chi connectivity index (χ0v) is 11.9. The van der Waals surface area contributed by atoms with E-state index in [4.69, 9.17) is 4.42 Å². The van der Waals surface area contributed by atoms with E-state index in [0.29, 0.717) is 16.7 Å². The van der Waals surface area contributed by atoms with Crippen LogP contribution in [0.1, 0.15) is 10.4 Å². The fourth-order valence-electron chi connectivity index (χ4n) is 2.38. The average molecular weight is 305 g/mol. The molecular weight excluding hydrogens is 294 g/mol. The van der Waals surface area contributed by atoms with E-state index in [1.807, 2.05) is 18.2 Å². The number of aromatic nitrogens is 2. The Balaban J connectivity index is 1.84. The first-order valence-electron chi connectivity index (χ1n) is 6.97. The van der Waals surface area contributed by atoms with Gasteiger partial charge in [-0.1, -0.05) is 30.3 Å². The van der Waals surface area contributed by atoms with Crippen molar-refractivity contribution in [3.63, 3.8) is 0 Å². The highest BCUT2D eigenvalue weighted by Gasteiger charge is 2.23. The van der Waals surface area contributed by atoms with Crippen molar-refractivity contribution in [2.24, 2.45) is 0 Å². The van der Waals surface area contributed by atoms with E-state index in [9.17, 15) is 9.90 Å². The minimum absolute atomic E-state index is 0.0258. The molecule has 0 aliphatic rings. The van der Waals surface area contributed by atoms with Crippen LogP contribution in [0.25, 0.3) is 22.3 Å². The topological polar surface area (TPSA) is 88.2 Å². The molecule has 2 aromatic carbocycles. The van der Waals surface area contributed by atoms with Crippen LogP contribution >= 0.6 is 0 Å². The number of hydrogen-bond acceptors (Lipinski definition) is 5. The highest BCUT2D eigenvalue weighted by molar-refractivity contribution is 6.13. The van der Waals surface area contributed by atoms with Crippen LogP contribution in [0.2, 0.25) is 0 Å². The first-order chi connectivity index (χ1) is 11.2. The van der Waals surface area contributed by atoms with Crippen LogP contribution in [0.5, 0.6) is 5.95 Å². The van der Waals surface area contributed by atoms with Gasteiger partial charge in [0.1, 0.15) is 5.52 Å². The summed E-state index contributed by atoms with van der Waals surface area (Å²) >= 11 is 0. The van der Waals surface area contributed by atoms with Crippen LogP contribution in [-0.4, -0.2) is 21.0 Å². The Morgan fingerprint density at radius 1 is 0.957 bits per heavy atom. The van der Waals surface area contributed by atoms with Gasteiger partial charge >= 0.3 is 0 Å². The second kappa shape index (κ2) is 5.10.